The van der Waals surface area contributed by atoms with E-state index in [2.05, 4.69) is 88.9 Å². The van der Waals surface area contributed by atoms with Gasteiger partial charge in [0.05, 0.1) is 23.2 Å². The Labute approximate surface area is 134 Å². The van der Waals surface area contributed by atoms with Gasteiger partial charge in [-0.1, -0.05) is 91.0 Å². The van der Waals surface area contributed by atoms with Crippen molar-refractivity contribution in [3.05, 3.63) is 91.0 Å². The van der Waals surface area contributed by atoms with E-state index < -0.39 is 7.05 Å². The van der Waals surface area contributed by atoms with Crippen LogP contribution in [0.2, 0.25) is 0 Å². The zero-order chi connectivity index (χ0) is 14.5. The Kier molecular flexibility index (Phi) is 4.38. The summed E-state index contributed by atoms with van der Waals surface area (Å²) in [6.07, 6.45) is 0. The molecule has 0 saturated carbocycles. The summed E-state index contributed by atoms with van der Waals surface area (Å²) in [6, 6.07) is 31.6. The largest absolute Gasteiger partial charge is 0.213 e. The van der Waals surface area contributed by atoms with E-state index in [4.69, 9.17) is 3.77 Å². The lowest BCUT2D eigenvalue weighted by Gasteiger charge is -2.25. The van der Waals surface area contributed by atoms with Crippen LogP contribution in [0.1, 0.15) is 0 Å². The molecule has 0 N–H and O–H groups in total. The molecular weight excluding hydrogens is 341 g/mol. The summed E-state index contributed by atoms with van der Waals surface area (Å²) in [5.74, 6) is 0. The highest BCUT2D eigenvalue weighted by Gasteiger charge is 2.26. The molecule has 104 valence electrons. The molecule has 0 saturated heterocycles. The van der Waals surface area contributed by atoms with Crippen LogP contribution in [0.25, 0.3) is 0 Å². The van der Waals surface area contributed by atoms with Crippen molar-refractivity contribution < 1.29 is 0 Å². The van der Waals surface area contributed by atoms with Crippen molar-refractivity contribution in [2.45, 2.75) is 0 Å². The smallest absolute Gasteiger partial charge is 0.0726 e. The maximum Gasteiger partial charge on any atom is 0.0726 e. The highest BCUT2D eigenvalue weighted by Crippen LogP contribution is 2.47. The Bertz CT molecular complexity index is 652. The van der Waals surface area contributed by atoms with Crippen LogP contribution in [0, 0.1) is 0 Å². The fourth-order valence-corrected chi connectivity index (χ4v) is 7.12. The van der Waals surface area contributed by atoms with Crippen LogP contribution in [-0.2, 0) is 0 Å². The average molecular weight is 356 g/mol. The van der Waals surface area contributed by atoms with E-state index in [1.54, 1.807) is 0 Å². The van der Waals surface area contributed by atoms with Gasteiger partial charge in [0.1, 0.15) is 0 Å². The molecule has 0 aliphatic rings. The third kappa shape index (κ3) is 2.62. The Hall–Kier alpha value is -1.63. The molecule has 3 rings (SSSR count). The molecular formula is C18H15BrNP. The summed E-state index contributed by atoms with van der Waals surface area (Å²) < 4.78 is 4.75. The minimum atomic E-state index is -1.99. The molecule has 0 aliphatic heterocycles. The summed E-state index contributed by atoms with van der Waals surface area (Å²) in [7, 11) is -1.99. The first-order chi connectivity index (χ1) is 10.4. The van der Waals surface area contributed by atoms with Gasteiger partial charge in [-0.15, -0.1) is 0 Å². The van der Waals surface area contributed by atoms with E-state index in [0.717, 1.165) is 0 Å². The minimum Gasteiger partial charge on any atom is -0.213 e. The second-order valence-electron chi connectivity index (χ2n) is 4.72. The molecule has 0 aromatic heterocycles. The number of hydrogen-bond acceptors (Lipinski definition) is 1. The maximum atomic E-state index is 4.75. The SMILES string of the molecule is BrN=P(c1ccccc1)(c1ccccc1)c1ccccc1. The summed E-state index contributed by atoms with van der Waals surface area (Å²) in [6.45, 7) is 0. The molecule has 0 spiro atoms. The predicted octanol–water partition coefficient (Wildman–Crippen LogP) is 4.47. The van der Waals surface area contributed by atoms with Crippen LogP contribution in [0.3, 0.4) is 0 Å². The molecule has 0 unspecified atom stereocenters. The second kappa shape index (κ2) is 6.43. The van der Waals surface area contributed by atoms with Gasteiger partial charge in [0, 0.05) is 15.9 Å². The van der Waals surface area contributed by atoms with Crippen molar-refractivity contribution in [1.29, 1.82) is 0 Å². The molecule has 1 nitrogen and oxygen atoms in total. The normalized spacial score (nSPS) is 11.1. The van der Waals surface area contributed by atoms with E-state index >= 15 is 0 Å². The van der Waals surface area contributed by atoms with Crippen LogP contribution < -0.4 is 15.9 Å². The Morgan fingerprint density at radius 2 is 0.810 bits per heavy atom. The van der Waals surface area contributed by atoms with Gasteiger partial charge in [0.25, 0.3) is 0 Å². The first-order valence-corrected chi connectivity index (χ1v) is 9.22. The third-order valence-electron chi connectivity index (χ3n) is 3.50. The molecule has 0 fully saturated rings. The molecule has 0 bridgehead atoms. The lowest BCUT2D eigenvalue weighted by Crippen LogP contribution is -2.24. The molecule has 0 radical (unpaired) electrons. The highest BCUT2D eigenvalue weighted by atomic mass is 79.9. The molecule has 3 aromatic carbocycles. The number of rotatable bonds is 3. The van der Waals surface area contributed by atoms with Crippen molar-refractivity contribution in [1.82, 2.24) is 0 Å². The number of benzene rings is 3. The van der Waals surface area contributed by atoms with E-state index in [1.165, 1.54) is 15.9 Å². The number of halogens is 1. The fourth-order valence-electron chi connectivity index (χ4n) is 2.51. The van der Waals surface area contributed by atoms with Crippen LogP contribution >= 0.6 is 23.2 Å². The summed E-state index contributed by atoms with van der Waals surface area (Å²) in [5, 5.41) is 3.75. The highest BCUT2D eigenvalue weighted by molar-refractivity contribution is 9.09. The first-order valence-electron chi connectivity index (χ1n) is 6.77. The third-order valence-corrected chi connectivity index (χ3v) is 8.29. The maximum absolute atomic E-state index is 4.75. The molecule has 3 heteroatoms. The number of hydrogen-bond donors (Lipinski definition) is 0. The van der Waals surface area contributed by atoms with E-state index in [9.17, 15) is 0 Å². The van der Waals surface area contributed by atoms with Gasteiger partial charge in [-0.05, 0) is 0 Å². The van der Waals surface area contributed by atoms with E-state index in [0.29, 0.717) is 0 Å². The van der Waals surface area contributed by atoms with Gasteiger partial charge in [-0.25, -0.2) is 3.77 Å². The zero-order valence-corrected chi connectivity index (χ0v) is 13.9. The van der Waals surface area contributed by atoms with Crippen LogP contribution in [0.4, 0.5) is 0 Å². The van der Waals surface area contributed by atoms with Crippen LogP contribution in [0.15, 0.2) is 94.8 Å². The topological polar surface area (TPSA) is 12.4 Å². The molecule has 0 aliphatic carbocycles. The van der Waals surface area contributed by atoms with Gasteiger partial charge in [0.15, 0.2) is 0 Å². The van der Waals surface area contributed by atoms with Gasteiger partial charge < -0.3 is 0 Å². The predicted molar refractivity (Wildman–Crippen MR) is 96.5 cm³/mol. The average Bonchev–Trinajstić information content (AvgIpc) is 2.59. The zero-order valence-electron chi connectivity index (χ0n) is 11.4. The minimum absolute atomic E-state index is 1.25. The standard InChI is InChI=1S/C18H15BrNP/c19-20-21(16-10-4-1-5-11-16,17-12-6-2-7-13-17)18-14-8-3-9-15-18/h1-15H. The van der Waals surface area contributed by atoms with Crippen molar-refractivity contribution in [2.75, 3.05) is 0 Å². The van der Waals surface area contributed by atoms with Crippen LogP contribution in [-0.4, -0.2) is 0 Å². The Balaban J connectivity index is 2.35. The molecule has 0 heterocycles. The van der Waals surface area contributed by atoms with Gasteiger partial charge >= 0.3 is 0 Å². The quantitative estimate of drug-likeness (QED) is 0.614. The van der Waals surface area contributed by atoms with Crippen molar-refractivity contribution in [2.24, 2.45) is 3.77 Å². The molecule has 0 amide bonds. The fraction of sp³-hybridized carbons (Fsp3) is 0. The summed E-state index contributed by atoms with van der Waals surface area (Å²) in [4.78, 5) is 0. The Morgan fingerprint density at radius 1 is 0.524 bits per heavy atom. The summed E-state index contributed by atoms with van der Waals surface area (Å²) in [5.41, 5.74) is 0. The van der Waals surface area contributed by atoms with Gasteiger partial charge in [0.2, 0.25) is 0 Å². The van der Waals surface area contributed by atoms with Crippen molar-refractivity contribution >= 4 is 39.1 Å². The van der Waals surface area contributed by atoms with E-state index in [1.807, 2.05) is 18.2 Å². The van der Waals surface area contributed by atoms with E-state index in [-0.39, 0.29) is 0 Å². The molecule has 0 atom stereocenters. The van der Waals surface area contributed by atoms with Gasteiger partial charge in [-0.2, -0.15) is 0 Å². The second-order valence-corrected chi connectivity index (χ2v) is 8.64. The Morgan fingerprint density at radius 3 is 1.05 bits per heavy atom. The lowest BCUT2D eigenvalue weighted by molar-refractivity contribution is 1.72. The first kappa shape index (κ1) is 14.3. The van der Waals surface area contributed by atoms with Gasteiger partial charge in [-0.3, -0.25) is 0 Å². The van der Waals surface area contributed by atoms with Crippen molar-refractivity contribution in [3.8, 4) is 0 Å². The molecule has 3 aromatic rings. The monoisotopic (exact) mass is 355 g/mol. The number of nitrogens with zero attached hydrogens (tertiary/aromatic N) is 1. The van der Waals surface area contributed by atoms with Crippen molar-refractivity contribution in [3.63, 3.8) is 0 Å². The molecule has 21 heavy (non-hydrogen) atoms. The lowest BCUT2D eigenvalue weighted by atomic mass is 10.4. The summed E-state index contributed by atoms with van der Waals surface area (Å²) >= 11 is 3.46. The van der Waals surface area contributed by atoms with Crippen LogP contribution in [0.5, 0.6) is 0 Å².